The summed E-state index contributed by atoms with van der Waals surface area (Å²) in [6, 6.07) is 0. The molecule has 2 unspecified atom stereocenters. The summed E-state index contributed by atoms with van der Waals surface area (Å²) in [5.74, 6) is 0. The Bertz CT molecular complexity index is 866. The molecule has 0 saturated carbocycles. The molecule has 1 saturated heterocycles. The highest BCUT2D eigenvalue weighted by Crippen LogP contribution is 2.50. The minimum Gasteiger partial charge on any atom is -0.349 e. The summed E-state index contributed by atoms with van der Waals surface area (Å²) in [4.78, 5) is 44.7. The molecule has 3 N–H and O–H groups in total. The lowest BCUT2D eigenvalue weighted by Gasteiger charge is -2.22. The van der Waals surface area contributed by atoms with E-state index in [0.717, 1.165) is 4.57 Å². The van der Waals surface area contributed by atoms with E-state index in [0.29, 0.717) is 0 Å². The van der Waals surface area contributed by atoms with Crippen LogP contribution in [-0.2, 0) is 34.7 Å². The first-order valence-electron chi connectivity index (χ1n) is 7.16. The lowest BCUT2D eigenvalue weighted by Crippen LogP contribution is -2.33. The van der Waals surface area contributed by atoms with E-state index in [1.807, 2.05) is 0 Å². The number of hydrogen-bond donors (Lipinski definition) is 4. The number of thiol groups is 1. The van der Waals surface area contributed by atoms with Gasteiger partial charge in [-0.05, 0) is 18.7 Å². The molecule has 148 valence electrons. The SMILES string of the molecule is COP(O)(=S)O[C@@H]1C[C@H](n2cc(C)c(=O)[nH]c2=O)O[C@@H]1COP(=O)(O)S. The van der Waals surface area contributed by atoms with E-state index >= 15 is 0 Å². The summed E-state index contributed by atoms with van der Waals surface area (Å²) in [5, 5.41) is 0. The Balaban J connectivity index is 2.27. The molecule has 26 heavy (non-hydrogen) atoms. The van der Waals surface area contributed by atoms with Crippen LogP contribution >= 0.6 is 25.8 Å². The fourth-order valence-corrected chi connectivity index (χ4v) is 3.84. The van der Waals surface area contributed by atoms with Crippen molar-refractivity contribution in [2.24, 2.45) is 0 Å². The molecule has 0 amide bonds. The van der Waals surface area contributed by atoms with Crippen molar-refractivity contribution < 1.29 is 32.7 Å². The van der Waals surface area contributed by atoms with Crippen LogP contribution in [-0.4, -0.2) is 45.3 Å². The lowest BCUT2D eigenvalue weighted by molar-refractivity contribution is -0.0395. The number of ether oxygens (including phenoxy) is 1. The normalized spacial score (nSPS) is 27.8. The summed E-state index contributed by atoms with van der Waals surface area (Å²) >= 11 is 8.21. The molecule has 5 atom stereocenters. The quantitative estimate of drug-likeness (QED) is 0.342. The smallest absolute Gasteiger partial charge is 0.349 e. The van der Waals surface area contributed by atoms with Crippen molar-refractivity contribution >= 4 is 37.6 Å². The Hall–Kier alpha value is -0.330. The standard InChI is InChI=1S/C11H18N2O9P2S2/c1-6-4-13(11(15)12-10(6)14)9-3-7(22-24(18,26)19-2)8(21-9)5-20-23(16,17)25/h4,7-9H,3,5H2,1-2H3,(H,18,26)(H,12,14,15)(H2,16,17,25)/t7-,8-,9-,24?/m1/s1. The summed E-state index contributed by atoms with van der Waals surface area (Å²) in [7, 11) is 1.17. The topological polar surface area (TPSA) is 149 Å². The molecule has 1 fully saturated rings. The van der Waals surface area contributed by atoms with Gasteiger partial charge in [0, 0.05) is 25.3 Å². The zero-order chi connectivity index (χ0) is 19.7. The largest absolute Gasteiger partial charge is 0.383 e. The van der Waals surface area contributed by atoms with Gasteiger partial charge in [-0.15, -0.1) is 0 Å². The zero-order valence-electron chi connectivity index (χ0n) is 13.7. The van der Waals surface area contributed by atoms with E-state index in [4.69, 9.17) is 35.0 Å². The van der Waals surface area contributed by atoms with Gasteiger partial charge in [0.25, 0.3) is 5.56 Å². The van der Waals surface area contributed by atoms with E-state index in [1.165, 1.54) is 20.2 Å². The van der Waals surface area contributed by atoms with Gasteiger partial charge in [0.05, 0.1) is 12.7 Å². The fourth-order valence-electron chi connectivity index (χ4n) is 2.32. The first-order chi connectivity index (χ1) is 11.9. The van der Waals surface area contributed by atoms with E-state index < -0.39 is 49.8 Å². The van der Waals surface area contributed by atoms with Crippen molar-refractivity contribution in [3.05, 3.63) is 32.6 Å². The third-order valence-corrected chi connectivity index (χ3v) is 6.08. The Kier molecular flexibility index (Phi) is 7.06. The molecule has 0 bridgehead atoms. The first kappa shape index (κ1) is 22.0. The van der Waals surface area contributed by atoms with Gasteiger partial charge < -0.3 is 23.6 Å². The van der Waals surface area contributed by atoms with Gasteiger partial charge in [0.2, 0.25) is 0 Å². The predicted molar refractivity (Wildman–Crippen MR) is 97.7 cm³/mol. The van der Waals surface area contributed by atoms with Crippen molar-refractivity contribution in [1.82, 2.24) is 9.55 Å². The van der Waals surface area contributed by atoms with Crippen LogP contribution in [0.1, 0.15) is 18.2 Å². The van der Waals surface area contributed by atoms with Gasteiger partial charge in [-0.25, -0.2) is 9.36 Å². The number of aromatic amines is 1. The Morgan fingerprint density at radius 1 is 1.50 bits per heavy atom. The lowest BCUT2D eigenvalue weighted by atomic mass is 10.2. The third kappa shape index (κ3) is 5.83. The molecule has 1 aliphatic rings. The molecule has 0 aliphatic carbocycles. The molecule has 11 nitrogen and oxygen atoms in total. The number of hydrogen-bond acceptors (Lipinski definition) is 8. The van der Waals surface area contributed by atoms with Gasteiger partial charge in [0.15, 0.2) is 0 Å². The number of nitrogens with zero attached hydrogens (tertiary/aromatic N) is 1. The maximum absolute atomic E-state index is 12.0. The van der Waals surface area contributed by atoms with Crippen molar-refractivity contribution in [3.8, 4) is 0 Å². The van der Waals surface area contributed by atoms with Crippen LogP contribution in [0, 0.1) is 6.92 Å². The van der Waals surface area contributed by atoms with E-state index in [9.17, 15) is 19.0 Å². The summed E-state index contributed by atoms with van der Waals surface area (Å²) in [6.45, 7) is -6.55. The second-order valence-electron chi connectivity index (χ2n) is 5.42. The summed E-state index contributed by atoms with van der Waals surface area (Å²) in [5.41, 5.74) is -0.952. The Morgan fingerprint density at radius 2 is 2.15 bits per heavy atom. The van der Waals surface area contributed by atoms with Crippen LogP contribution in [0.5, 0.6) is 0 Å². The number of aryl methyl sites for hydroxylation is 1. The zero-order valence-corrected chi connectivity index (χ0v) is 17.2. The average Bonchev–Trinajstić information content (AvgIpc) is 2.90. The highest BCUT2D eigenvalue weighted by molar-refractivity contribution is 8.44. The van der Waals surface area contributed by atoms with Crippen molar-refractivity contribution in [3.63, 3.8) is 0 Å². The van der Waals surface area contributed by atoms with Crippen LogP contribution in [0.2, 0.25) is 0 Å². The molecular weight excluding hydrogens is 430 g/mol. The molecule has 0 spiro atoms. The average molecular weight is 448 g/mol. The van der Waals surface area contributed by atoms with Gasteiger partial charge in [-0.1, -0.05) is 12.2 Å². The number of aromatic nitrogens is 2. The van der Waals surface area contributed by atoms with E-state index in [1.54, 1.807) is 0 Å². The van der Waals surface area contributed by atoms with Gasteiger partial charge in [0.1, 0.15) is 12.3 Å². The van der Waals surface area contributed by atoms with Crippen molar-refractivity contribution in [2.75, 3.05) is 13.7 Å². The summed E-state index contributed by atoms with van der Waals surface area (Å²) in [6.07, 6.45) is -1.37. The highest BCUT2D eigenvalue weighted by atomic mass is 32.7. The van der Waals surface area contributed by atoms with E-state index in [2.05, 4.69) is 17.2 Å². The van der Waals surface area contributed by atoms with Gasteiger partial charge >= 0.3 is 19.2 Å². The monoisotopic (exact) mass is 448 g/mol. The molecule has 0 aromatic carbocycles. The van der Waals surface area contributed by atoms with Gasteiger partial charge in [-0.2, -0.15) is 0 Å². The molecule has 2 rings (SSSR count). The minimum absolute atomic E-state index is 0.0457. The number of nitrogens with one attached hydrogen (secondary N) is 1. The van der Waals surface area contributed by atoms with E-state index in [-0.39, 0.29) is 12.0 Å². The van der Waals surface area contributed by atoms with Crippen LogP contribution in [0.4, 0.5) is 0 Å². The Labute approximate surface area is 158 Å². The second kappa shape index (κ2) is 8.36. The molecule has 1 aromatic heterocycles. The third-order valence-electron chi connectivity index (χ3n) is 3.54. The minimum atomic E-state index is -4.09. The number of H-pyrrole nitrogens is 1. The van der Waals surface area contributed by atoms with Crippen molar-refractivity contribution in [2.45, 2.75) is 31.8 Å². The van der Waals surface area contributed by atoms with Crippen molar-refractivity contribution in [1.29, 1.82) is 0 Å². The van der Waals surface area contributed by atoms with Crippen LogP contribution in [0.3, 0.4) is 0 Å². The molecule has 0 radical (unpaired) electrons. The highest BCUT2D eigenvalue weighted by Gasteiger charge is 2.41. The number of rotatable bonds is 7. The molecule has 15 heteroatoms. The Morgan fingerprint density at radius 3 is 2.73 bits per heavy atom. The molecule has 1 aromatic rings. The van der Waals surface area contributed by atoms with Crippen LogP contribution < -0.4 is 11.2 Å². The first-order valence-corrected chi connectivity index (χ1v) is 12.5. The van der Waals surface area contributed by atoms with Crippen LogP contribution in [0.15, 0.2) is 15.8 Å². The molecular formula is C11H18N2O9P2S2. The predicted octanol–water partition coefficient (Wildman–Crippen LogP) is 0.428. The summed E-state index contributed by atoms with van der Waals surface area (Å²) < 4.78 is 32.8. The maximum Gasteiger partial charge on any atom is 0.383 e. The fraction of sp³-hybridized carbons (Fsp3) is 0.636. The second-order valence-corrected chi connectivity index (χ2v) is 11.1. The van der Waals surface area contributed by atoms with Gasteiger partial charge in [-0.3, -0.25) is 18.9 Å². The molecule has 1 aliphatic heterocycles. The van der Waals surface area contributed by atoms with Crippen LogP contribution in [0.25, 0.3) is 0 Å². The maximum atomic E-state index is 12.0. The molecule has 2 heterocycles.